The van der Waals surface area contributed by atoms with E-state index in [2.05, 4.69) is 39.0 Å². The van der Waals surface area contributed by atoms with E-state index in [0.29, 0.717) is 0 Å². The Bertz CT molecular complexity index is 334. The average Bonchev–Trinajstić information content (AvgIpc) is 2.49. The summed E-state index contributed by atoms with van der Waals surface area (Å²) in [6, 6.07) is 6.42. The highest BCUT2D eigenvalue weighted by atomic mass is 16.5. The van der Waals surface area contributed by atoms with Crippen molar-refractivity contribution < 1.29 is 4.74 Å². The highest BCUT2D eigenvalue weighted by Gasteiger charge is 2.19. The lowest BCUT2D eigenvalue weighted by atomic mass is 10.1. The van der Waals surface area contributed by atoms with Crippen LogP contribution < -0.4 is 4.74 Å². The number of benzene rings is 1. The van der Waals surface area contributed by atoms with Gasteiger partial charge < -0.3 is 4.74 Å². The second-order valence-corrected chi connectivity index (χ2v) is 4.96. The van der Waals surface area contributed by atoms with Gasteiger partial charge in [-0.2, -0.15) is 0 Å². The third-order valence-corrected chi connectivity index (χ3v) is 2.52. The molecule has 1 aromatic rings. The topological polar surface area (TPSA) is 9.23 Å². The van der Waals surface area contributed by atoms with E-state index < -0.39 is 0 Å². The molecule has 0 atom stereocenters. The summed E-state index contributed by atoms with van der Waals surface area (Å²) >= 11 is 0. The molecule has 14 heavy (non-hydrogen) atoms. The quantitative estimate of drug-likeness (QED) is 0.660. The summed E-state index contributed by atoms with van der Waals surface area (Å²) in [6.07, 6.45) is 3.68. The molecule has 0 aromatic heterocycles. The molecule has 0 unspecified atom stereocenters. The maximum Gasteiger partial charge on any atom is 0.123 e. The Morgan fingerprint density at radius 1 is 1.14 bits per heavy atom. The molecule has 0 fully saturated rings. The Morgan fingerprint density at radius 3 is 2.64 bits per heavy atom. The molecular formula is C13H18O. The molecular weight excluding hydrogens is 172 g/mol. The standard InChI is InChI=1S/C13H18O/c1-13(2,3)14-12-9-5-7-10-6-4-8-11(10)12/h5,7,9H,4,6,8H2,1-3H3. The van der Waals surface area contributed by atoms with Crippen molar-refractivity contribution in [3.05, 3.63) is 29.3 Å². The maximum atomic E-state index is 5.94. The summed E-state index contributed by atoms with van der Waals surface area (Å²) in [5.74, 6) is 1.09. The fourth-order valence-corrected chi connectivity index (χ4v) is 2.01. The van der Waals surface area contributed by atoms with Crippen molar-refractivity contribution in [2.75, 3.05) is 0 Å². The van der Waals surface area contributed by atoms with Gasteiger partial charge in [0.25, 0.3) is 0 Å². The van der Waals surface area contributed by atoms with Crippen LogP contribution in [0.1, 0.15) is 38.3 Å². The van der Waals surface area contributed by atoms with Gasteiger partial charge in [0.1, 0.15) is 11.4 Å². The summed E-state index contributed by atoms with van der Waals surface area (Å²) in [5, 5.41) is 0. The molecule has 1 aromatic carbocycles. The maximum absolute atomic E-state index is 5.94. The molecule has 1 nitrogen and oxygen atoms in total. The molecule has 1 heteroatoms. The smallest absolute Gasteiger partial charge is 0.123 e. The fourth-order valence-electron chi connectivity index (χ4n) is 2.01. The van der Waals surface area contributed by atoms with E-state index in [4.69, 9.17) is 4.74 Å². The number of aryl methyl sites for hydroxylation is 1. The number of ether oxygens (including phenoxy) is 1. The van der Waals surface area contributed by atoms with Crippen LogP contribution in [-0.2, 0) is 12.8 Å². The molecule has 0 spiro atoms. The van der Waals surface area contributed by atoms with Crippen molar-refractivity contribution in [2.24, 2.45) is 0 Å². The van der Waals surface area contributed by atoms with Crippen LogP contribution in [-0.4, -0.2) is 5.60 Å². The molecule has 1 aliphatic carbocycles. The zero-order chi connectivity index (χ0) is 10.2. The van der Waals surface area contributed by atoms with Crippen LogP contribution in [0, 0.1) is 0 Å². The lowest BCUT2D eigenvalue weighted by Gasteiger charge is -2.23. The van der Waals surface area contributed by atoms with Crippen molar-refractivity contribution >= 4 is 0 Å². The molecule has 0 saturated carbocycles. The largest absolute Gasteiger partial charge is 0.488 e. The third-order valence-electron chi connectivity index (χ3n) is 2.52. The van der Waals surface area contributed by atoms with Gasteiger partial charge in [-0.05, 0) is 57.2 Å². The highest BCUT2D eigenvalue weighted by molar-refractivity contribution is 5.43. The summed E-state index contributed by atoms with van der Waals surface area (Å²) in [5.41, 5.74) is 2.83. The lowest BCUT2D eigenvalue weighted by molar-refractivity contribution is 0.129. The second-order valence-electron chi connectivity index (χ2n) is 4.96. The summed E-state index contributed by atoms with van der Waals surface area (Å²) in [6.45, 7) is 6.30. The number of hydrogen-bond acceptors (Lipinski definition) is 1. The zero-order valence-corrected chi connectivity index (χ0v) is 9.26. The highest BCUT2D eigenvalue weighted by Crippen LogP contribution is 2.32. The second kappa shape index (κ2) is 3.30. The van der Waals surface area contributed by atoms with Gasteiger partial charge >= 0.3 is 0 Å². The molecule has 2 rings (SSSR count). The minimum absolute atomic E-state index is 0.0856. The van der Waals surface area contributed by atoms with Crippen molar-refractivity contribution in [3.8, 4) is 5.75 Å². The van der Waals surface area contributed by atoms with Crippen LogP contribution in [0.5, 0.6) is 5.75 Å². The van der Waals surface area contributed by atoms with Gasteiger partial charge in [-0.1, -0.05) is 12.1 Å². The van der Waals surface area contributed by atoms with Gasteiger partial charge in [-0.25, -0.2) is 0 Å². The van der Waals surface area contributed by atoms with Gasteiger partial charge in [0, 0.05) is 0 Å². The Hall–Kier alpha value is -0.980. The van der Waals surface area contributed by atoms with E-state index in [1.165, 1.54) is 30.4 Å². The van der Waals surface area contributed by atoms with Gasteiger partial charge in [0.05, 0.1) is 0 Å². The van der Waals surface area contributed by atoms with Gasteiger partial charge in [0.2, 0.25) is 0 Å². The molecule has 76 valence electrons. The number of hydrogen-bond donors (Lipinski definition) is 0. The molecule has 0 saturated heterocycles. The van der Waals surface area contributed by atoms with Crippen LogP contribution in [0.4, 0.5) is 0 Å². The first-order valence-electron chi connectivity index (χ1n) is 5.36. The normalized spacial score (nSPS) is 15.4. The molecule has 0 aliphatic heterocycles. The van der Waals surface area contributed by atoms with E-state index in [1.54, 1.807) is 0 Å². The molecule has 0 radical (unpaired) electrons. The Balaban J connectivity index is 2.31. The first-order valence-corrected chi connectivity index (χ1v) is 5.36. The predicted octanol–water partition coefficient (Wildman–Crippen LogP) is 3.35. The van der Waals surface area contributed by atoms with Crippen LogP contribution in [0.3, 0.4) is 0 Å². The molecule has 0 bridgehead atoms. The monoisotopic (exact) mass is 190 g/mol. The first-order chi connectivity index (χ1) is 6.56. The van der Waals surface area contributed by atoms with Crippen LogP contribution in [0.15, 0.2) is 18.2 Å². The predicted molar refractivity (Wildman–Crippen MR) is 58.8 cm³/mol. The van der Waals surface area contributed by atoms with Crippen LogP contribution in [0.25, 0.3) is 0 Å². The summed E-state index contributed by atoms with van der Waals surface area (Å²) in [7, 11) is 0. The van der Waals surface area contributed by atoms with Crippen LogP contribution >= 0.6 is 0 Å². The van der Waals surface area contributed by atoms with E-state index in [0.717, 1.165) is 5.75 Å². The Kier molecular flexibility index (Phi) is 2.26. The van der Waals surface area contributed by atoms with E-state index >= 15 is 0 Å². The van der Waals surface area contributed by atoms with E-state index in [-0.39, 0.29) is 5.60 Å². The summed E-state index contributed by atoms with van der Waals surface area (Å²) < 4.78 is 5.94. The zero-order valence-electron chi connectivity index (χ0n) is 9.26. The number of fused-ring (bicyclic) bond motifs is 1. The molecule has 1 aliphatic rings. The van der Waals surface area contributed by atoms with Crippen LogP contribution in [0.2, 0.25) is 0 Å². The van der Waals surface area contributed by atoms with Crippen molar-refractivity contribution in [3.63, 3.8) is 0 Å². The Morgan fingerprint density at radius 2 is 1.93 bits per heavy atom. The average molecular weight is 190 g/mol. The summed E-state index contributed by atoms with van der Waals surface area (Å²) in [4.78, 5) is 0. The molecule has 0 amide bonds. The minimum Gasteiger partial charge on any atom is -0.488 e. The van der Waals surface area contributed by atoms with Crippen molar-refractivity contribution in [1.29, 1.82) is 0 Å². The van der Waals surface area contributed by atoms with E-state index in [9.17, 15) is 0 Å². The van der Waals surface area contributed by atoms with Crippen molar-refractivity contribution in [2.45, 2.75) is 45.6 Å². The SMILES string of the molecule is CC(C)(C)Oc1cccc2c1CCC2. The molecule has 0 heterocycles. The third kappa shape index (κ3) is 1.92. The van der Waals surface area contributed by atoms with Gasteiger partial charge in [-0.3, -0.25) is 0 Å². The lowest BCUT2D eigenvalue weighted by Crippen LogP contribution is -2.23. The van der Waals surface area contributed by atoms with Crippen molar-refractivity contribution in [1.82, 2.24) is 0 Å². The first kappa shape index (κ1) is 9.57. The van der Waals surface area contributed by atoms with Gasteiger partial charge in [0.15, 0.2) is 0 Å². The van der Waals surface area contributed by atoms with E-state index in [1.807, 2.05) is 0 Å². The molecule has 0 N–H and O–H groups in total. The Labute approximate surface area is 86.1 Å². The van der Waals surface area contributed by atoms with Gasteiger partial charge in [-0.15, -0.1) is 0 Å². The minimum atomic E-state index is -0.0856. The number of rotatable bonds is 1. The fraction of sp³-hybridized carbons (Fsp3) is 0.538.